The van der Waals surface area contributed by atoms with Gasteiger partial charge in [0.15, 0.2) is 11.9 Å². The molecular formula is C25H26N4OS. The van der Waals surface area contributed by atoms with Gasteiger partial charge in [-0.15, -0.1) is 10.2 Å². The van der Waals surface area contributed by atoms with Crippen LogP contribution >= 0.6 is 11.8 Å². The van der Waals surface area contributed by atoms with Crippen LogP contribution in [0.5, 0.6) is 5.88 Å². The van der Waals surface area contributed by atoms with Crippen molar-refractivity contribution in [1.29, 1.82) is 0 Å². The van der Waals surface area contributed by atoms with Crippen LogP contribution < -0.4 is 10.1 Å². The van der Waals surface area contributed by atoms with E-state index < -0.39 is 0 Å². The summed E-state index contributed by atoms with van der Waals surface area (Å²) in [6.07, 6.45) is 4.27. The zero-order valence-electron chi connectivity index (χ0n) is 17.8. The summed E-state index contributed by atoms with van der Waals surface area (Å²) in [6, 6.07) is 18.5. The number of fused-ring (bicyclic) bond motifs is 3. The van der Waals surface area contributed by atoms with E-state index in [4.69, 9.17) is 9.72 Å². The van der Waals surface area contributed by atoms with E-state index in [1.54, 1.807) is 11.8 Å². The Hall–Kier alpha value is -2.86. The van der Waals surface area contributed by atoms with Gasteiger partial charge in [0.25, 0.3) is 0 Å². The van der Waals surface area contributed by atoms with Crippen LogP contribution in [0.2, 0.25) is 0 Å². The molecule has 6 heteroatoms. The largest absolute Gasteiger partial charge is 0.452 e. The first-order valence-electron chi connectivity index (χ1n) is 10.8. The molecule has 2 heterocycles. The minimum atomic E-state index is -0.162. The lowest BCUT2D eigenvalue weighted by molar-refractivity contribution is 0.114. The molecule has 0 radical (unpaired) electrons. The molecule has 0 saturated carbocycles. The Kier molecular flexibility index (Phi) is 5.64. The van der Waals surface area contributed by atoms with Gasteiger partial charge in [-0.1, -0.05) is 78.9 Å². The molecule has 0 unspecified atom stereocenters. The number of allylic oxidation sites excluding steroid dienone is 2. The molecule has 1 aliphatic heterocycles. The second kappa shape index (κ2) is 8.71. The van der Waals surface area contributed by atoms with Gasteiger partial charge in [0, 0.05) is 22.9 Å². The minimum Gasteiger partial charge on any atom is -0.452 e. The Bertz CT molecular complexity index is 1100. The van der Waals surface area contributed by atoms with Crippen molar-refractivity contribution >= 4 is 17.4 Å². The highest BCUT2D eigenvalue weighted by molar-refractivity contribution is 7.98. The third kappa shape index (κ3) is 4.30. The highest BCUT2D eigenvalue weighted by Gasteiger charge is 2.34. The van der Waals surface area contributed by atoms with Crippen molar-refractivity contribution in [3.63, 3.8) is 0 Å². The van der Waals surface area contributed by atoms with Gasteiger partial charge >= 0.3 is 0 Å². The minimum absolute atomic E-state index is 0.162. The number of aromatic nitrogens is 3. The van der Waals surface area contributed by atoms with Gasteiger partial charge in [-0.2, -0.15) is 4.98 Å². The van der Waals surface area contributed by atoms with Crippen LogP contribution in [0.1, 0.15) is 32.3 Å². The number of nitrogens with zero attached hydrogens (tertiary/aromatic N) is 3. The number of hydrogen-bond donors (Lipinski definition) is 1. The average Bonchev–Trinajstić information content (AvgIpc) is 2.95. The standard InChI is InChI=1S/C25H26N4OS/c1-16-12-13-19(17(2)14-16)23-26-21-11-7-6-10-20(21)22-24(30-23)27-25(29-28-22)31-15-18-8-4-3-5-9-18/h3-12,17,19,23,26H,13-15H2,1-2H3/t17-,19+,23+/m0/s1. The SMILES string of the molecule is CC1=CC[C@@H]([C@@H]2Nc3ccccc3-c3nnc(SCc4ccccc4)nc3O2)[C@@H](C)C1. The average molecular weight is 431 g/mol. The van der Waals surface area contributed by atoms with Crippen molar-refractivity contribution < 1.29 is 4.74 Å². The summed E-state index contributed by atoms with van der Waals surface area (Å²) in [5, 5.41) is 13.2. The molecular weight excluding hydrogens is 404 g/mol. The summed E-state index contributed by atoms with van der Waals surface area (Å²) < 4.78 is 6.51. The number of nitrogens with one attached hydrogen (secondary N) is 1. The molecule has 0 spiro atoms. The van der Waals surface area contributed by atoms with Crippen LogP contribution in [0.4, 0.5) is 5.69 Å². The lowest BCUT2D eigenvalue weighted by Crippen LogP contribution is -2.39. The lowest BCUT2D eigenvalue weighted by Gasteiger charge is -2.34. The molecule has 1 aliphatic carbocycles. The van der Waals surface area contributed by atoms with Gasteiger partial charge in [0.1, 0.15) is 0 Å². The normalized spacial score (nSPS) is 22.3. The summed E-state index contributed by atoms with van der Waals surface area (Å²) in [6.45, 7) is 4.52. The van der Waals surface area contributed by atoms with Crippen LogP contribution in [0.15, 0.2) is 71.4 Å². The van der Waals surface area contributed by atoms with E-state index in [0.717, 1.165) is 29.8 Å². The van der Waals surface area contributed by atoms with Gasteiger partial charge in [-0.25, -0.2) is 0 Å². The second-order valence-corrected chi connectivity index (χ2v) is 9.32. The molecule has 1 aromatic heterocycles. The molecule has 1 N–H and O–H groups in total. The third-order valence-electron chi connectivity index (χ3n) is 6.07. The Balaban J connectivity index is 1.46. The molecule has 158 valence electrons. The van der Waals surface area contributed by atoms with Gasteiger partial charge in [0.05, 0.1) is 0 Å². The topological polar surface area (TPSA) is 59.9 Å². The van der Waals surface area contributed by atoms with Crippen molar-refractivity contribution in [3.05, 3.63) is 71.8 Å². The van der Waals surface area contributed by atoms with Crippen LogP contribution in [-0.4, -0.2) is 21.4 Å². The van der Waals surface area contributed by atoms with E-state index in [1.807, 2.05) is 30.3 Å². The zero-order valence-corrected chi connectivity index (χ0v) is 18.6. The molecule has 31 heavy (non-hydrogen) atoms. The maximum absolute atomic E-state index is 6.51. The Morgan fingerprint density at radius 3 is 2.71 bits per heavy atom. The number of ether oxygens (including phenoxy) is 1. The number of rotatable bonds is 4. The smallest absolute Gasteiger partial charge is 0.247 e. The molecule has 2 aromatic carbocycles. The summed E-state index contributed by atoms with van der Waals surface area (Å²) >= 11 is 1.58. The van der Waals surface area contributed by atoms with Crippen LogP contribution in [-0.2, 0) is 5.75 Å². The van der Waals surface area contributed by atoms with Gasteiger partial charge < -0.3 is 10.1 Å². The molecule has 3 aromatic rings. The molecule has 0 bridgehead atoms. The van der Waals surface area contributed by atoms with Gasteiger partial charge in [-0.3, -0.25) is 0 Å². The molecule has 0 fully saturated rings. The Morgan fingerprint density at radius 2 is 1.87 bits per heavy atom. The monoisotopic (exact) mass is 430 g/mol. The van der Waals surface area contributed by atoms with E-state index in [1.165, 1.54) is 11.1 Å². The highest BCUT2D eigenvalue weighted by atomic mass is 32.2. The fourth-order valence-corrected chi connectivity index (χ4v) is 5.11. The van der Waals surface area contributed by atoms with Crippen molar-refractivity contribution in [3.8, 4) is 17.1 Å². The summed E-state index contributed by atoms with van der Waals surface area (Å²) in [5.74, 6) is 2.24. The first-order chi connectivity index (χ1) is 15.2. The van der Waals surface area contributed by atoms with Crippen LogP contribution in [0.3, 0.4) is 0 Å². The fraction of sp³-hybridized carbons (Fsp3) is 0.320. The van der Waals surface area contributed by atoms with Gasteiger partial charge in [-0.05, 0) is 37.3 Å². The first kappa shape index (κ1) is 20.1. The second-order valence-electron chi connectivity index (χ2n) is 8.38. The first-order valence-corrected chi connectivity index (χ1v) is 11.8. The maximum Gasteiger partial charge on any atom is 0.247 e. The molecule has 0 amide bonds. The predicted molar refractivity (Wildman–Crippen MR) is 125 cm³/mol. The predicted octanol–water partition coefficient (Wildman–Crippen LogP) is 5.95. The van der Waals surface area contributed by atoms with Crippen molar-refractivity contribution in [2.45, 2.75) is 43.8 Å². The third-order valence-corrected chi connectivity index (χ3v) is 6.98. The molecule has 5 nitrogen and oxygen atoms in total. The Morgan fingerprint density at radius 1 is 1.06 bits per heavy atom. The maximum atomic E-state index is 6.51. The van der Waals surface area contributed by atoms with Crippen LogP contribution in [0.25, 0.3) is 11.3 Å². The summed E-state index contributed by atoms with van der Waals surface area (Å²) in [7, 11) is 0. The van der Waals surface area contributed by atoms with E-state index in [9.17, 15) is 0 Å². The molecule has 2 aliphatic rings. The van der Waals surface area contributed by atoms with E-state index in [0.29, 0.717) is 28.6 Å². The summed E-state index contributed by atoms with van der Waals surface area (Å²) in [4.78, 5) is 4.78. The number of para-hydroxylation sites is 1. The van der Waals surface area contributed by atoms with E-state index in [2.05, 4.69) is 59.7 Å². The number of thioether (sulfide) groups is 1. The fourth-order valence-electron chi connectivity index (χ4n) is 4.38. The highest BCUT2D eigenvalue weighted by Crippen LogP contribution is 2.40. The number of hydrogen-bond acceptors (Lipinski definition) is 6. The van der Waals surface area contributed by atoms with Crippen LogP contribution in [0, 0.1) is 11.8 Å². The Labute approximate surface area is 187 Å². The van der Waals surface area contributed by atoms with Gasteiger partial charge in [0.2, 0.25) is 11.0 Å². The van der Waals surface area contributed by atoms with E-state index in [-0.39, 0.29) is 6.23 Å². The number of anilines is 1. The molecule has 0 saturated heterocycles. The molecule has 5 rings (SSSR count). The van der Waals surface area contributed by atoms with Crippen molar-refractivity contribution in [2.75, 3.05) is 5.32 Å². The quantitative estimate of drug-likeness (QED) is 0.407. The van der Waals surface area contributed by atoms with Crippen molar-refractivity contribution in [1.82, 2.24) is 15.2 Å². The molecule has 3 atom stereocenters. The van der Waals surface area contributed by atoms with E-state index >= 15 is 0 Å². The van der Waals surface area contributed by atoms with Crippen molar-refractivity contribution in [2.24, 2.45) is 11.8 Å². The lowest BCUT2D eigenvalue weighted by atomic mass is 9.80. The zero-order chi connectivity index (χ0) is 21.2. The summed E-state index contributed by atoms with van der Waals surface area (Å²) in [5.41, 5.74) is 5.39. The number of benzene rings is 2.